The maximum Gasteiger partial charge on any atom is 0.435 e. The number of carbonyl (C=O) groups is 1. The Morgan fingerprint density at radius 2 is 2.20 bits per heavy atom. The Kier molecular flexibility index (Phi) is 3.56. The first-order chi connectivity index (χ1) is 6.86. The van der Waals surface area contributed by atoms with Crippen molar-refractivity contribution in [2.75, 3.05) is 6.61 Å². The second-order valence-electron chi connectivity index (χ2n) is 2.36. The molecule has 0 aromatic carbocycles. The van der Waals surface area contributed by atoms with Crippen LogP contribution >= 0.6 is 22.9 Å². The fourth-order valence-corrected chi connectivity index (χ4v) is 1.84. The third kappa shape index (κ3) is 2.82. The van der Waals surface area contributed by atoms with Crippen molar-refractivity contribution < 1.29 is 22.7 Å². The minimum atomic E-state index is -4.70. The number of aromatic nitrogens is 1. The van der Waals surface area contributed by atoms with Crippen molar-refractivity contribution >= 4 is 28.2 Å². The molecule has 0 aliphatic carbocycles. The molecule has 0 aliphatic rings. The Morgan fingerprint density at radius 3 is 2.53 bits per heavy atom. The van der Waals surface area contributed by atoms with E-state index in [2.05, 4.69) is 4.98 Å². The summed E-state index contributed by atoms with van der Waals surface area (Å²) >= 11 is 5.49. The van der Waals surface area contributed by atoms with Crippen LogP contribution in [0, 0.1) is 0 Å². The molecule has 0 radical (unpaired) electrons. The number of ether oxygens (including phenoxy) is 1. The van der Waals surface area contributed by atoms with Gasteiger partial charge in [0.25, 0.3) is 10.4 Å². The van der Waals surface area contributed by atoms with Gasteiger partial charge in [0.05, 0.1) is 6.61 Å². The van der Waals surface area contributed by atoms with Gasteiger partial charge in [-0.25, -0.2) is 0 Å². The molecule has 1 heterocycles. The lowest BCUT2D eigenvalue weighted by molar-refractivity contribution is -0.141. The van der Waals surface area contributed by atoms with Crippen molar-refractivity contribution in [1.82, 2.24) is 4.98 Å². The van der Waals surface area contributed by atoms with E-state index in [0.717, 1.165) is 0 Å². The molecule has 1 aromatic rings. The molecule has 0 fully saturated rings. The van der Waals surface area contributed by atoms with Gasteiger partial charge in [-0.3, -0.25) is 4.79 Å². The highest BCUT2D eigenvalue weighted by Gasteiger charge is 2.39. The molecule has 1 rings (SSSR count). The van der Waals surface area contributed by atoms with E-state index in [1.165, 1.54) is 0 Å². The summed E-state index contributed by atoms with van der Waals surface area (Å²) in [6.45, 7) is 1.76. The Labute approximate surface area is 91.8 Å². The van der Waals surface area contributed by atoms with Crippen LogP contribution in [0.1, 0.15) is 22.3 Å². The van der Waals surface area contributed by atoms with Gasteiger partial charge in [0, 0.05) is 0 Å². The Bertz CT molecular complexity index is 377. The topological polar surface area (TPSA) is 39.2 Å². The molecule has 0 spiro atoms. The molecule has 8 heteroatoms. The largest absolute Gasteiger partial charge is 0.470 e. The van der Waals surface area contributed by atoms with Gasteiger partial charge in [0.1, 0.15) is 4.88 Å². The maximum absolute atomic E-state index is 12.3. The van der Waals surface area contributed by atoms with Crippen molar-refractivity contribution in [3.63, 3.8) is 0 Å². The Hall–Kier alpha value is -0.820. The normalized spacial score (nSPS) is 11.5. The van der Waals surface area contributed by atoms with Crippen LogP contribution in [-0.2, 0) is 6.18 Å². The van der Waals surface area contributed by atoms with Gasteiger partial charge in [-0.05, 0) is 18.5 Å². The molecular formula is C7H5ClF3NO2S. The van der Waals surface area contributed by atoms with Gasteiger partial charge in [-0.1, -0.05) is 11.3 Å². The number of nitrogens with zero attached hydrogens (tertiary/aromatic N) is 1. The summed E-state index contributed by atoms with van der Waals surface area (Å²) in [7, 11) is 0. The summed E-state index contributed by atoms with van der Waals surface area (Å²) in [5.74, 6) is 0. The minimum absolute atomic E-state index is 0.167. The van der Waals surface area contributed by atoms with Crippen LogP contribution in [0.2, 0.25) is 0 Å². The van der Waals surface area contributed by atoms with E-state index in [1.807, 2.05) is 0 Å². The second-order valence-corrected chi connectivity index (χ2v) is 3.67. The van der Waals surface area contributed by atoms with Crippen molar-refractivity contribution in [2.45, 2.75) is 13.1 Å². The van der Waals surface area contributed by atoms with Crippen molar-refractivity contribution in [2.24, 2.45) is 0 Å². The summed E-state index contributed by atoms with van der Waals surface area (Å²) < 4.78 is 41.8. The zero-order valence-electron chi connectivity index (χ0n) is 7.39. The standard InChI is InChI=1S/C7H5ClF3NO2S/c1-2-14-6-12-4(7(9,10)11)3(15-6)5(8)13/h2H2,1H3. The molecule has 3 nitrogen and oxygen atoms in total. The molecule has 0 amide bonds. The molecule has 0 unspecified atom stereocenters. The third-order valence-corrected chi connectivity index (χ3v) is 2.59. The summed E-state index contributed by atoms with van der Waals surface area (Å²) in [4.78, 5) is 13.2. The van der Waals surface area contributed by atoms with Gasteiger partial charge in [-0.15, -0.1) is 0 Å². The minimum Gasteiger partial charge on any atom is -0.470 e. The van der Waals surface area contributed by atoms with E-state index >= 15 is 0 Å². The number of halogens is 4. The highest BCUT2D eigenvalue weighted by molar-refractivity contribution is 7.17. The predicted molar refractivity (Wildman–Crippen MR) is 48.5 cm³/mol. The monoisotopic (exact) mass is 259 g/mol. The van der Waals surface area contributed by atoms with Crippen LogP contribution in [0.25, 0.3) is 0 Å². The van der Waals surface area contributed by atoms with E-state index in [-0.39, 0.29) is 11.8 Å². The number of carbonyl (C=O) groups excluding carboxylic acids is 1. The van der Waals surface area contributed by atoms with E-state index in [0.29, 0.717) is 11.3 Å². The van der Waals surface area contributed by atoms with Gasteiger partial charge in [0.2, 0.25) is 0 Å². The first-order valence-electron chi connectivity index (χ1n) is 3.77. The second kappa shape index (κ2) is 4.36. The SMILES string of the molecule is CCOc1nc(C(F)(F)F)c(C(=O)Cl)s1. The number of rotatable bonds is 3. The highest BCUT2D eigenvalue weighted by Crippen LogP contribution is 2.37. The van der Waals surface area contributed by atoms with Crippen LogP contribution in [0.5, 0.6) is 5.19 Å². The average Bonchev–Trinajstić information content (AvgIpc) is 2.48. The molecule has 0 aliphatic heterocycles. The molecule has 1 aromatic heterocycles. The van der Waals surface area contributed by atoms with Gasteiger partial charge in [0.15, 0.2) is 5.69 Å². The molecule has 0 bridgehead atoms. The van der Waals surface area contributed by atoms with Crippen molar-refractivity contribution in [1.29, 1.82) is 0 Å². The lowest BCUT2D eigenvalue weighted by atomic mass is 10.4. The van der Waals surface area contributed by atoms with Crippen molar-refractivity contribution in [3.05, 3.63) is 10.6 Å². The van der Waals surface area contributed by atoms with E-state index < -0.39 is 22.0 Å². The lowest BCUT2D eigenvalue weighted by Crippen LogP contribution is -2.09. The number of alkyl halides is 3. The summed E-state index contributed by atoms with van der Waals surface area (Å²) in [5, 5.41) is -1.40. The van der Waals surface area contributed by atoms with E-state index in [4.69, 9.17) is 16.3 Å². The fraction of sp³-hybridized carbons (Fsp3) is 0.429. The maximum atomic E-state index is 12.3. The van der Waals surface area contributed by atoms with Crippen LogP contribution in [-0.4, -0.2) is 16.8 Å². The smallest absolute Gasteiger partial charge is 0.435 e. The predicted octanol–water partition coefficient (Wildman–Crippen LogP) is 2.94. The summed E-state index contributed by atoms with van der Waals surface area (Å²) in [6.07, 6.45) is -4.70. The molecular weight excluding hydrogens is 255 g/mol. The van der Waals surface area contributed by atoms with Gasteiger partial charge in [-0.2, -0.15) is 18.2 Å². The molecule has 15 heavy (non-hydrogen) atoms. The van der Waals surface area contributed by atoms with Crippen LogP contribution in [0.3, 0.4) is 0 Å². The fourth-order valence-electron chi connectivity index (χ4n) is 0.811. The number of hydrogen-bond acceptors (Lipinski definition) is 4. The summed E-state index contributed by atoms with van der Waals surface area (Å²) in [6, 6.07) is 0. The van der Waals surface area contributed by atoms with Crippen molar-refractivity contribution in [3.8, 4) is 5.19 Å². The molecule has 0 N–H and O–H groups in total. The van der Waals surface area contributed by atoms with Gasteiger partial charge < -0.3 is 4.74 Å². The number of thiazole rings is 1. The Balaban J connectivity index is 3.18. The zero-order valence-corrected chi connectivity index (χ0v) is 8.96. The van der Waals surface area contributed by atoms with E-state index in [9.17, 15) is 18.0 Å². The molecule has 0 saturated heterocycles. The Morgan fingerprint density at radius 1 is 1.60 bits per heavy atom. The summed E-state index contributed by atoms with van der Waals surface area (Å²) in [5.41, 5.74) is -1.30. The number of hydrogen-bond donors (Lipinski definition) is 0. The average molecular weight is 260 g/mol. The first kappa shape index (κ1) is 12.3. The quantitative estimate of drug-likeness (QED) is 0.784. The lowest BCUT2D eigenvalue weighted by Gasteiger charge is -2.02. The highest BCUT2D eigenvalue weighted by atomic mass is 35.5. The molecule has 0 atom stereocenters. The third-order valence-electron chi connectivity index (χ3n) is 1.32. The zero-order chi connectivity index (χ0) is 11.6. The van der Waals surface area contributed by atoms with E-state index in [1.54, 1.807) is 6.92 Å². The van der Waals surface area contributed by atoms with Crippen LogP contribution in [0.15, 0.2) is 0 Å². The molecule has 84 valence electrons. The first-order valence-corrected chi connectivity index (χ1v) is 4.96. The van der Waals surface area contributed by atoms with Gasteiger partial charge >= 0.3 is 6.18 Å². The van der Waals surface area contributed by atoms with Crippen LogP contribution < -0.4 is 4.74 Å². The van der Waals surface area contributed by atoms with Crippen LogP contribution in [0.4, 0.5) is 13.2 Å². The molecule has 0 saturated carbocycles.